The number of hydrogen-bond donors (Lipinski definition) is 1. The molecular weight excluding hydrogens is 291 g/mol. The summed E-state index contributed by atoms with van der Waals surface area (Å²) in [6, 6.07) is 6.43. The van der Waals surface area contributed by atoms with Crippen molar-refractivity contribution in [2.75, 3.05) is 5.32 Å². The van der Waals surface area contributed by atoms with Crippen LogP contribution in [-0.2, 0) is 0 Å². The average Bonchev–Trinajstić information content (AvgIpc) is 2.50. The van der Waals surface area contributed by atoms with Crippen molar-refractivity contribution in [2.24, 2.45) is 0 Å². The first-order valence-electron chi connectivity index (χ1n) is 5.97. The molecule has 21 heavy (non-hydrogen) atoms. The van der Waals surface area contributed by atoms with Gasteiger partial charge in [-0.05, 0) is 18.2 Å². The molecule has 102 valence electrons. The molecule has 0 amide bonds. The molecule has 6 heteroatoms. The highest BCUT2D eigenvalue weighted by molar-refractivity contribution is 6.31. The lowest BCUT2D eigenvalue weighted by Gasteiger charge is -2.09. The van der Waals surface area contributed by atoms with Gasteiger partial charge in [0.2, 0.25) is 5.95 Å². The topological polar surface area (TPSA) is 50.7 Å². The second kappa shape index (κ2) is 5.35. The number of nitrogens with one attached hydrogen (secondary N) is 1. The van der Waals surface area contributed by atoms with Crippen molar-refractivity contribution in [2.45, 2.75) is 0 Å². The van der Waals surface area contributed by atoms with Gasteiger partial charge in [0.25, 0.3) is 0 Å². The van der Waals surface area contributed by atoms with Crippen molar-refractivity contribution in [3.8, 4) is 12.3 Å². The third kappa shape index (κ3) is 2.62. The maximum atomic E-state index is 13.3. The smallest absolute Gasteiger partial charge is 0.213 e. The van der Waals surface area contributed by atoms with Gasteiger partial charge in [0.1, 0.15) is 12.1 Å². The van der Waals surface area contributed by atoms with E-state index in [0.29, 0.717) is 33.0 Å². The molecule has 0 radical (unpaired) electrons. The Kier molecular flexibility index (Phi) is 3.38. The van der Waals surface area contributed by atoms with E-state index in [-0.39, 0.29) is 0 Å². The van der Waals surface area contributed by atoms with E-state index in [1.807, 2.05) is 0 Å². The van der Waals surface area contributed by atoms with Gasteiger partial charge < -0.3 is 5.32 Å². The van der Waals surface area contributed by atoms with Crippen molar-refractivity contribution < 1.29 is 4.39 Å². The molecule has 0 atom stereocenters. The number of rotatable bonds is 2. The maximum absolute atomic E-state index is 13.3. The lowest BCUT2D eigenvalue weighted by atomic mass is 10.2. The Hall–Kier alpha value is -2.71. The van der Waals surface area contributed by atoms with E-state index in [0.717, 1.165) is 0 Å². The fraction of sp³-hybridized carbons (Fsp3) is 0. The summed E-state index contributed by atoms with van der Waals surface area (Å²) in [6.07, 6.45) is 8.11. The second-order valence-electron chi connectivity index (χ2n) is 4.21. The number of fused-ring (bicyclic) bond motifs is 1. The molecule has 3 rings (SSSR count). The summed E-state index contributed by atoms with van der Waals surface area (Å²) in [5, 5.41) is 4.10. The number of nitrogens with zero attached hydrogens (tertiary/aromatic N) is 3. The number of aromatic nitrogens is 3. The van der Waals surface area contributed by atoms with Crippen molar-refractivity contribution in [1.82, 2.24) is 15.0 Å². The van der Waals surface area contributed by atoms with E-state index in [4.69, 9.17) is 18.0 Å². The molecule has 0 fully saturated rings. The summed E-state index contributed by atoms with van der Waals surface area (Å²) < 4.78 is 13.3. The van der Waals surface area contributed by atoms with Gasteiger partial charge in [-0.3, -0.25) is 0 Å². The monoisotopic (exact) mass is 298 g/mol. The number of pyridine rings is 1. The van der Waals surface area contributed by atoms with Gasteiger partial charge >= 0.3 is 0 Å². The van der Waals surface area contributed by atoms with Crippen LogP contribution in [-0.4, -0.2) is 15.0 Å². The van der Waals surface area contributed by atoms with E-state index in [1.54, 1.807) is 18.2 Å². The van der Waals surface area contributed by atoms with Gasteiger partial charge in [-0.25, -0.2) is 15.0 Å². The average molecular weight is 299 g/mol. The van der Waals surface area contributed by atoms with Gasteiger partial charge in [-0.15, -0.1) is 6.42 Å². The number of terminal acetylenes is 1. The van der Waals surface area contributed by atoms with E-state index in [2.05, 4.69) is 26.2 Å². The largest absolute Gasteiger partial charge is 0.340 e. The maximum Gasteiger partial charge on any atom is 0.213 e. The molecule has 0 aliphatic heterocycles. The van der Waals surface area contributed by atoms with Crippen molar-refractivity contribution in [1.29, 1.82) is 0 Å². The summed E-state index contributed by atoms with van der Waals surface area (Å²) in [5.74, 6) is 2.36. The molecule has 0 aliphatic carbocycles. The normalized spacial score (nSPS) is 10.3. The lowest BCUT2D eigenvalue weighted by molar-refractivity contribution is 0.586. The molecule has 2 heterocycles. The first kappa shape index (κ1) is 13.3. The van der Waals surface area contributed by atoms with Crippen LogP contribution >= 0.6 is 11.6 Å². The van der Waals surface area contributed by atoms with Crippen LogP contribution < -0.4 is 5.32 Å². The van der Waals surface area contributed by atoms with E-state index < -0.39 is 5.95 Å². The van der Waals surface area contributed by atoms with Crippen molar-refractivity contribution in [3.63, 3.8) is 0 Å². The van der Waals surface area contributed by atoms with Crippen molar-refractivity contribution >= 4 is 34.0 Å². The molecule has 4 nitrogen and oxygen atoms in total. The quantitative estimate of drug-likeness (QED) is 0.581. The highest BCUT2D eigenvalue weighted by Crippen LogP contribution is 2.25. The predicted molar refractivity (Wildman–Crippen MR) is 80.0 cm³/mol. The Bertz CT molecular complexity index is 873. The summed E-state index contributed by atoms with van der Waals surface area (Å²) in [6.45, 7) is 0. The molecule has 2 aromatic heterocycles. The van der Waals surface area contributed by atoms with Crippen LogP contribution in [0.2, 0.25) is 5.02 Å². The Morgan fingerprint density at radius 1 is 1.19 bits per heavy atom. The highest BCUT2D eigenvalue weighted by atomic mass is 35.5. The first-order chi connectivity index (χ1) is 10.2. The summed E-state index contributed by atoms with van der Waals surface area (Å²) in [5.41, 5.74) is 1.80. The molecule has 1 N–H and O–H groups in total. The second-order valence-corrected chi connectivity index (χ2v) is 4.62. The van der Waals surface area contributed by atoms with Gasteiger partial charge in [-0.1, -0.05) is 17.5 Å². The van der Waals surface area contributed by atoms with Crippen LogP contribution in [0.4, 0.5) is 15.9 Å². The van der Waals surface area contributed by atoms with Crippen LogP contribution in [0.15, 0.2) is 36.8 Å². The minimum absolute atomic E-state index is 0.464. The Morgan fingerprint density at radius 3 is 2.86 bits per heavy atom. The van der Waals surface area contributed by atoms with Crippen molar-refractivity contribution in [3.05, 3.63) is 53.3 Å². The number of hydrogen-bond acceptors (Lipinski definition) is 4. The zero-order valence-corrected chi connectivity index (χ0v) is 11.4. The number of benzene rings is 1. The highest BCUT2D eigenvalue weighted by Gasteiger charge is 2.07. The summed E-state index contributed by atoms with van der Waals surface area (Å²) in [7, 11) is 0. The molecule has 0 unspecified atom stereocenters. The van der Waals surface area contributed by atoms with Gasteiger partial charge in [0.05, 0.1) is 16.7 Å². The molecule has 0 saturated carbocycles. The van der Waals surface area contributed by atoms with E-state index >= 15 is 0 Å². The zero-order valence-electron chi connectivity index (χ0n) is 10.6. The van der Waals surface area contributed by atoms with Gasteiger partial charge in [0.15, 0.2) is 0 Å². The number of anilines is 2. The minimum atomic E-state index is -0.597. The Balaban J connectivity index is 2.06. The minimum Gasteiger partial charge on any atom is -0.340 e. The summed E-state index contributed by atoms with van der Waals surface area (Å²) in [4.78, 5) is 11.7. The number of halogens is 2. The van der Waals surface area contributed by atoms with Crippen LogP contribution in [0, 0.1) is 18.3 Å². The Morgan fingerprint density at radius 2 is 2.05 bits per heavy atom. The van der Waals surface area contributed by atoms with Gasteiger partial charge in [0, 0.05) is 22.7 Å². The SMILES string of the molecule is C#Cc1cc(Nc2ncnc3cnc(F)cc23)ccc1Cl. The first-order valence-corrected chi connectivity index (χ1v) is 6.34. The van der Waals surface area contributed by atoms with Crippen LogP contribution in [0.25, 0.3) is 10.9 Å². The Labute approximate surface area is 125 Å². The molecular formula is C15H8ClFN4. The molecule has 0 spiro atoms. The third-order valence-corrected chi connectivity index (χ3v) is 3.20. The third-order valence-electron chi connectivity index (χ3n) is 2.87. The fourth-order valence-electron chi connectivity index (χ4n) is 1.88. The molecule has 1 aromatic carbocycles. The fourth-order valence-corrected chi connectivity index (χ4v) is 2.06. The van der Waals surface area contributed by atoms with Gasteiger partial charge in [-0.2, -0.15) is 4.39 Å². The molecule has 0 aliphatic rings. The van der Waals surface area contributed by atoms with Crippen LogP contribution in [0.5, 0.6) is 0 Å². The zero-order chi connectivity index (χ0) is 14.8. The van der Waals surface area contributed by atoms with E-state index in [9.17, 15) is 4.39 Å². The van der Waals surface area contributed by atoms with Crippen LogP contribution in [0.1, 0.15) is 5.56 Å². The predicted octanol–water partition coefficient (Wildman–Crippen LogP) is 3.54. The molecule has 3 aromatic rings. The standard InChI is InChI=1S/C15H8ClFN4/c1-2-9-5-10(3-4-12(9)16)21-15-11-6-14(17)18-7-13(11)19-8-20-15/h1,3-8H,(H,19,20,21). The summed E-state index contributed by atoms with van der Waals surface area (Å²) >= 11 is 5.96. The lowest BCUT2D eigenvalue weighted by Crippen LogP contribution is -1.97. The van der Waals surface area contributed by atoms with E-state index in [1.165, 1.54) is 18.6 Å². The van der Waals surface area contributed by atoms with Crippen LogP contribution in [0.3, 0.4) is 0 Å². The molecule has 0 bridgehead atoms. The molecule has 0 saturated heterocycles.